The van der Waals surface area contributed by atoms with E-state index in [-0.39, 0.29) is 16.8 Å². The van der Waals surface area contributed by atoms with Gasteiger partial charge in [0.25, 0.3) is 5.91 Å². The molecule has 1 aromatic rings. The maximum absolute atomic E-state index is 13.1. The Hall–Kier alpha value is -0.650. The molecule has 2 rings (SSSR count). The van der Waals surface area contributed by atoms with E-state index < -0.39 is 11.9 Å². The molecule has 98 valence electrons. The van der Waals surface area contributed by atoms with Crippen LogP contribution in [0.5, 0.6) is 0 Å². The minimum absolute atomic E-state index is 0.154. The van der Waals surface area contributed by atoms with E-state index in [2.05, 4.69) is 21.2 Å². The highest BCUT2D eigenvalue weighted by atomic mass is 79.9. The molecule has 0 aromatic heterocycles. The van der Waals surface area contributed by atoms with Gasteiger partial charge in [0.2, 0.25) is 0 Å². The summed E-state index contributed by atoms with van der Waals surface area (Å²) in [5.74, 6) is -0.549. The number of hydrogen-bond acceptors (Lipinski definition) is 2. The van der Waals surface area contributed by atoms with Crippen LogP contribution < -0.4 is 5.32 Å². The molecule has 0 saturated carbocycles. The molecule has 18 heavy (non-hydrogen) atoms. The summed E-state index contributed by atoms with van der Waals surface area (Å²) < 4.78 is 18.8. The Morgan fingerprint density at radius 1 is 1.61 bits per heavy atom. The molecular formula is C12H12BrClFNO2. The van der Waals surface area contributed by atoms with Crippen molar-refractivity contribution in [2.45, 2.75) is 19.4 Å². The third-order valence-electron chi connectivity index (χ3n) is 2.90. The lowest BCUT2D eigenvalue weighted by Crippen LogP contribution is -2.31. The number of nitrogens with one attached hydrogen (secondary N) is 1. The third kappa shape index (κ3) is 2.84. The van der Waals surface area contributed by atoms with Crippen molar-refractivity contribution >= 4 is 39.1 Å². The molecule has 1 aliphatic heterocycles. The molecule has 2 atom stereocenters. The predicted molar refractivity (Wildman–Crippen MR) is 71.3 cm³/mol. The Labute approximate surface area is 118 Å². The molecule has 1 N–H and O–H groups in total. The fourth-order valence-electron chi connectivity index (χ4n) is 1.89. The number of anilines is 1. The zero-order chi connectivity index (χ0) is 13.3. The molecule has 1 aromatic carbocycles. The van der Waals surface area contributed by atoms with Crippen LogP contribution in [-0.2, 0) is 9.53 Å². The summed E-state index contributed by atoms with van der Waals surface area (Å²) >= 11 is 9.07. The molecule has 1 saturated heterocycles. The minimum Gasteiger partial charge on any atom is -0.368 e. The van der Waals surface area contributed by atoms with Gasteiger partial charge in [-0.25, -0.2) is 4.39 Å². The van der Waals surface area contributed by atoms with Gasteiger partial charge < -0.3 is 10.1 Å². The van der Waals surface area contributed by atoms with Crippen LogP contribution >= 0.6 is 27.5 Å². The maximum Gasteiger partial charge on any atom is 0.253 e. The van der Waals surface area contributed by atoms with Crippen LogP contribution in [0.2, 0.25) is 5.02 Å². The maximum atomic E-state index is 13.1. The van der Waals surface area contributed by atoms with Crippen molar-refractivity contribution in [3.05, 3.63) is 27.4 Å². The average molecular weight is 337 g/mol. The molecule has 3 nitrogen and oxygen atoms in total. The number of hydrogen-bond donors (Lipinski definition) is 1. The zero-order valence-electron chi connectivity index (χ0n) is 9.67. The van der Waals surface area contributed by atoms with Crippen LogP contribution in [0.4, 0.5) is 10.1 Å². The van der Waals surface area contributed by atoms with E-state index in [0.717, 1.165) is 12.5 Å². The van der Waals surface area contributed by atoms with Crippen molar-refractivity contribution in [2.75, 3.05) is 11.9 Å². The fourth-order valence-corrected chi connectivity index (χ4v) is 2.79. The van der Waals surface area contributed by atoms with Crippen molar-refractivity contribution in [3.8, 4) is 0 Å². The highest BCUT2D eigenvalue weighted by molar-refractivity contribution is 9.10. The van der Waals surface area contributed by atoms with E-state index in [4.69, 9.17) is 16.3 Å². The number of rotatable bonds is 2. The van der Waals surface area contributed by atoms with Gasteiger partial charge in [0.1, 0.15) is 11.9 Å². The summed E-state index contributed by atoms with van der Waals surface area (Å²) in [4.78, 5) is 12.0. The Morgan fingerprint density at radius 3 is 2.89 bits per heavy atom. The molecule has 0 radical (unpaired) electrons. The van der Waals surface area contributed by atoms with Crippen molar-refractivity contribution in [3.63, 3.8) is 0 Å². The predicted octanol–water partition coefficient (Wildman–Crippen LogP) is 3.61. The Morgan fingerprint density at radius 2 is 2.33 bits per heavy atom. The van der Waals surface area contributed by atoms with Gasteiger partial charge in [0, 0.05) is 11.1 Å². The molecule has 6 heteroatoms. The molecule has 0 aliphatic carbocycles. The first-order chi connectivity index (χ1) is 8.49. The fraction of sp³-hybridized carbons (Fsp3) is 0.417. The van der Waals surface area contributed by atoms with Crippen molar-refractivity contribution < 1.29 is 13.9 Å². The van der Waals surface area contributed by atoms with Crippen LogP contribution in [-0.4, -0.2) is 18.6 Å². The van der Waals surface area contributed by atoms with Gasteiger partial charge in [0.15, 0.2) is 0 Å². The Bertz CT molecular complexity index is 460. The van der Waals surface area contributed by atoms with E-state index in [0.29, 0.717) is 16.8 Å². The summed E-state index contributed by atoms with van der Waals surface area (Å²) in [7, 11) is 0. The van der Waals surface area contributed by atoms with E-state index in [1.165, 1.54) is 6.07 Å². The Kier molecular flexibility index (Phi) is 4.25. The molecule has 0 spiro atoms. The molecule has 1 amide bonds. The van der Waals surface area contributed by atoms with Gasteiger partial charge in [0.05, 0.1) is 10.7 Å². The van der Waals surface area contributed by atoms with Crippen LogP contribution in [0, 0.1) is 11.7 Å². The molecule has 1 fully saturated rings. The first-order valence-electron chi connectivity index (χ1n) is 5.56. The highest BCUT2D eigenvalue weighted by Crippen LogP contribution is 2.32. The summed E-state index contributed by atoms with van der Waals surface area (Å²) in [5, 5.41) is 2.82. The first-order valence-corrected chi connectivity index (χ1v) is 6.73. The van der Waals surface area contributed by atoms with Gasteiger partial charge in [-0.1, -0.05) is 18.5 Å². The van der Waals surface area contributed by atoms with Gasteiger partial charge >= 0.3 is 0 Å². The van der Waals surface area contributed by atoms with Crippen molar-refractivity contribution in [1.29, 1.82) is 0 Å². The standard InChI is InChI=1S/C12H12BrClFNO2/c1-6-2-3-18-11(6)12(17)16-10-8(13)4-7(15)5-9(10)14/h4-6,11H,2-3H2,1H3,(H,16,17). The number of ether oxygens (including phenoxy) is 1. The number of carbonyl (C=O) groups is 1. The third-order valence-corrected chi connectivity index (χ3v) is 3.82. The number of benzene rings is 1. The summed E-state index contributed by atoms with van der Waals surface area (Å²) in [6.07, 6.45) is 0.383. The second-order valence-electron chi connectivity index (χ2n) is 4.29. The smallest absolute Gasteiger partial charge is 0.253 e. The van der Waals surface area contributed by atoms with Crippen LogP contribution in [0.3, 0.4) is 0 Å². The number of halogens is 3. The SMILES string of the molecule is CC1CCOC1C(=O)Nc1c(Cl)cc(F)cc1Br. The topological polar surface area (TPSA) is 38.3 Å². The lowest BCUT2D eigenvalue weighted by atomic mass is 10.0. The van der Waals surface area contributed by atoms with Gasteiger partial charge in [-0.3, -0.25) is 4.79 Å². The summed E-state index contributed by atoms with van der Waals surface area (Å²) in [6, 6.07) is 2.40. The van der Waals surface area contributed by atoms with E-state index in [1.807, 2.05) is 6.92 Å². The second kappa shape index (κ2) is 5.55. The monoisotopic (exact) mass is 335 g/mol. The number of carbonyl (C=O) groups excluding carboxylic acids is 1. The van der Waals surface area contributed by atoms with Crippen LogP contribution in [0.1, 0.15) is 13.3 Å². The van der Waals surface area contributed by atoms with Gasteiger partial charge in [-0.05, 0) is 40.4 Å². The van der Waals surface area contributed by atoms with Crippen molar-refractivity contribution in [1.82, 2.24) is 0 Å². The average Bonchev–Trinajstić information content (AvgIpc) is 2.69. The largest absolute Gasteiger partial charge is 0.368 e. The second-order valence-corrected chi connectivity index (χ2v) is 5.55. The minimum atomic E-state index is -0.474. The molecular weight excluding hydrogens is 324 g/mol. The zero-order valence-corrected chi connectivity index (χ0v) is 12.0. The number of amides is 1. The molecule has 1 heterocycles. The van der Waals surface area contributed by atoms with Crippen molar-refractivity contribution in [2.24, 2.45) is 5.92 Å². The van der Waals surface area contributed by atoms with Crippen LogP contribution in [0.25, 0.3) is 0 Å². The lowest BCUT2D eigenvalue weighted by Gasteiger charge is -2.16. The van der Waals surface area contributed by atoms with Gasteiger partial charge in [-0.15, -0.1) is 0 Å². The summed E-state index contributed by atoms with van der Waals surface area (Å²) in [6.45, 7) is 2.54. The van der Waals surface area contributed by atoms with E-state index in [1.54, 1.807) is 0 Å². The molecule has 1 aliphatic rings. The highest BCUT2D eigenvalue weighted by Gasteiger charge is 2.31. The quantitative estimate of drug-likeness (QED) is 0.896. The van der Waals surface area contributed by atoms with Gasteiger partial charge in [-0.2, -0.15) is 0 Å². The first kappa shape index (κ1) is 13.8. The summed E-state index contributed by atoms with van der Waals surface area (Å²) in [5.41, 5.74) is 0.366. The normalized spacial score (nSPS) is 23.1. The molecule has 2 unspecified atom stereocenters. The lowest BCUT2D eigenvalue weighted by molar-refractivity contribution is -0.126. The van der Waals surface area contributed by atoms with Crippen LogP contribution in [0.15, 0.2) is 16.6 Å². The van der Waals surface area contributed by atoms with E-state index >= 15 is 0 Å². The molecule has 0 bridgehead atoms. The Balaban J connectivity index is 2.17. The van der Waals surface area contributed by atoms with E-state index in [9.17, 15) is 9.18 Å².